The zero-order chi connectivity index (χ0) is 14.8. The van der Waals surface area contributed by atoms with Crippen molar-refractivity contribution in [2.75, 3.05) is 6.54 Å². The van der Waals surface area contributed by atoms with Gasteiger partial charge in [-0.25, -0.2) is 17.5 Å². The lowest BCUT2D eigenvalue weighted by Crippen LogP contribution is -2.40. The molecule has 0 saturated heterocycles. The highest BCUT2D eigenvalue weighted by atomic mass is 35.5. The molecule has 0 bridgehead atoms. The normalized spacial score (nSPS) is 23.1. The lowest BCUT2D eigenvalue weighted by atomic mass is 10.1. The number of hydrogen-bond donors (Lipinski definition) is 2. The van der Waals surface area contributed by atoms with Crippen LogP contribution in [0.1, 0.15) is 24.8 Å². The van der Waals surface area contributed by atoms with Gasteiger partial charge >= 0.3 is 0 Å². The molecule has 0 aromatic heterocycles. The predicted octanol–water partition coefficient (Wildman–Crippen LogP) is 2.03. The molecule has 0 amide bonds. The van der Waals surface area contributed by atoms with Crippen LogP contribution in [-0.4, -0.2) is 21.0 Å². The largest absolute Gasteiger partial charge is 0.330 e. The number of rotatable bonds is 5. The molecule has 1 saturated carbocycles. The Hall–Kier alpha value is -0.690. The van der Waals surface area contributed by atoms with Crippen molar-refractivity contribution in [1.82, 2.24) is 4.72 Å². The van der Waals surface area contributed by atoms with Crippen LogP contribution in [0.25, 0.3) is 0 Å². The van der Waals surface area contributed by atoms with E-state index in [-0.39, 0.29) is 22.7 Å². The molecule has 0 heterocycles. The Balaban J connectivity index is 2.05. The topological polar surface area (TPSA) is 72.2 Å². The molecule has 2 rings (SSSR count). The second-order valence-electron chi connectivity index (χ2n) is 5.16. The number of halogens is 2. The van der Waals surface area contributed by atoms with Crippen LogP contribution in [0.15, 0.2) is 18.2 Å². The Morgan fingerprint density at radius 3 is 2.80 bits per heavy atom. The van der Waals surface area contributed by atoms with Crippen molar-refractivity contribution >= 4 is 21.6 Å². The molecular weight excluding hydrogens is 303 g/mol. The van der Waals surface area contributed by atoms with Gasteiger partial charge in [0.2, 0.25) is 10.0 Å². The van der Waals surface area contributed by atoms with Crippen molar-refractivity contribution in [3.63, 3.8) is 0 Å². The Morgan fingerprint density at radius 1 is 1.40 bits per heavy atom. The maximum atomic E-state index is 13.0. The Kier molecular flexibility index (Phi) is 5.01. The van der Waals surface area contributed by atoms with Gasteiger partial charge in [-0.1, -0.05) is 24.1 Å². The Bertz CT molecular complexity index is 580. The first-order valence-electron chi connectivity index (χ1n) is 6.55. The fraction of sp³-hybridized carbons (Fsp3) is 0.538. The van der Waals surface area contributed by atoms with Crippen LogP contribution in [0.4, 0.5) is 4.39 Å². The van der Waals surface area contributed by atoms with E-state index in [1.807, 2.05) is 0 Å². The summed E-state index contributed by atoms with van der Waals surface area (Å²) in [4.78, 5) is 0. The SMILES string of the molecule is NCC1CCCC1NS(=O)(=O)Cc1ccc(F)c(Cl)c1. The lowest BCUT2D eigenvalue weighted by Gasteiger charge is -2.19. The highest BCUT2D eigenvalue weighted by Gasteiger charge is 2.29. The van der Waals surface area contributed by atoms with Crippen LogP contribution in [-0.2, 0) is 15.8 Å². The molecule has 20 heavy (non-hydrogen) atoms. The van der Waals surface area contributed by atoms with Crippen LogP contribution in [0.3, 0.4) is 0 Å². The Labute approximate surface area is 123 Å². The molecule has 3 N–H and O–H groups in total. The zero-order valence-corrected chi connectivity index (χ0v) is 12.6. The van der Waals surface area contributed by atoms with E-state index in [1.54, 1.807) is 0 Å². The minimum Gasteiger partial charge on any atom is -0.330 e. The van der Waals surface area contributed by atoms with Crippen molar-refractivity contribution in [1.29, 1.82) is 0 Å². The minimum absolute atomic E-state index is 0.0709. The molecule has 7 heteroatoms. The summed E-state index contributed by atoms with van der Waals surface area (Å²) >= 11 is 5.65. The van der Waals surface area contributed by atoms with Crippen LogP contribution in [0.2, 0.25) is 5.02 Å². The van der Waals surface area contributed by atoms with Gasteiger partial charge in [-0.3, -0.25) is 0 Å². The molecule has 1 aromatic rings. The quantitative estimate of drug-likeness (QED) is 0.872. The van der Waals surface area contributed by atoms with Gasteiger partial charge in [0.05, 0.1) is 10.8 Å². The third-order valence-corrected chi connectivity index (χ3v) is 5.30. The molecule has 0 radical (unpaired) electrons. The number of nitrogens with one attached hydrogen (secondary N) is 1. The molecule has 1 aromatic carbocycles. The minimum atomic E-state index is -3.48. The third kappa shape index (κ3) is 3.91. The van der Waals surface area contributed by atoms with E-state index in [9.17, 15) is 12.8 Å². The first kappa shape index (κ1) is 15.7. The van der Waals surface area contributed by atoms with E-state index >= 15 is 0 Å². The number of sulfonamides is 1. The van der Waals surface area contributed by atoms with Crippen molar-refractivity contribution in [2.24, 2.45) is 11.7 Å². The molecule has 1 aliphatic rings. The van der Waals surface area contributed by atoms with E-state index in [1.165, 1.54) is 18.2 Å². The van der Waals surface area contributed by atoms with Gasteiger partial charge in [0.1, 0.15) is 5.82 Å². The smallest absolute Gasteiger partial charge is 0.216 e. The van der Waals surface area contributed by atoms with E-state index in [0.29, 0.717) is 12.1 Å². The van der Waals surface area contributed by atoms with Gasteiger partial charge < -0.3 is 5.73 Å². The van der Waals surface area contributed by atoms with E-state index in [0.717, 1.165) is 19.3 Å². The van der Waals surface area contributed by atoms with Gasteiger partial charge in [-0.15, -0.1) is 0 Å². The first-order valence-corrected chi connectivity index (χ1v) is 8.58. The summed E-state index contributed by atoms with van der Waals surface area (Å²) in [5, 5.41) is -0.0709. The monoisotopic (exact) mass is 320 g/mol. The van der Waals surface area contributed by atoms with Gasteiger partial charge in [0.25, 0.3) is 0 Å². The van der Waals surface area contributed by atoms with Crippen molar-refractivity contribution in [3.05, 3.63) is 34.6 Å². The predicted molar refractivity (Wildman–Crippen MR) is 77.4 cm³/mol. The van der Waals surface area contributed by atoms with Crippen molar-refractivity contribution < 1.29 is 12.8 Å². The summed E-state index contributed by atoms with van der Waals surface area (Å²) in [7, 11) is -3.48. The standard InChI is InChI=1S/C13H18ClFN2O2S/c14-11-6-9(4-5-12(11)15)8-20(18,19)17-13-3-1-2-10(13)7-16/h4-6,10,13,17H,1-3,7-8,16H2. The molecule has 0 spiro atoms. The van der Waals surface area contributed by atoms with Crippen LogP contribution in [0, 0.1) is 11.7 Å². The molecule has 2 unspecified atom stereocenters. The molecule has 1 fully saturated rings. The third-order valence-electron chi connectivity index (χ3n) is 3.63. The highest BCUT2D eigenvalue weighted by Crippen LogP contribution is 2.26. The lowest BCUT2D eigenvalue weighted by molar-refractivity contribution is 0.452. The molecule has 2 atom stereocenters. The fourth-order valence-corrected chi connectivity index (χ4v) is 4.27. The highest BCUT2D eigenvalue weighted by molar-refractivity contribution is 7.88. The number of hydrogen-bond acceptors (Lipinski definition) is 3. The van der Waals surface area contributed by atoms with Gasteiger partial charge in [-0.2, -0.15) is 0 Å². The molecule has 0 aliphatic heterocycles. The van der Waals surface area contributed by atoms with Crippen LogP contribution in [0.5, 0.6) is 0 Å². The van der Waals surface area contributed by atoms with Crippen molar-refractivity contribution in [3.8, 4) is 0 Å². The second-order valence-corrected chi connectivity index (χ2v) is 7.32. The maximum absolute atomic E-state index is 13.0. The summed E-state index contributed by atoms with van der Waals surface area (Å²) in [6.07, 6.45) is 2.74. The second kappa shape index (κ2) is 6.39. The zero-order valence-electron chi connectivity index (χ0n) is 11.0. The van der Waals surface area contributed by atoms with Crippen molar-refractivity contribution in [2.45, 2.75) is 31.1 Å². The van der Waals surface area contributed by atoms with Crippen LogP contribution < -0.4 is 10.5 Å². The maximum Gasteiger partial charge on any atom is 0.216 e. The van der Waals surface area contributed by atoms with Gasteiger partial charge in [-0.05, 0) is 43.0 Å². The number of nitrogens with two attached hydrogens (primary N) is 1. The van der Waals surface area contributed by atoms with E-state index < -0.39 is 15.8 Å². The average Bonchev–Trinajstić information content (AvgIpc) is 2.80. The summed E-state index contributed by atoms with van der Waals surface area (Å²) in [5.74, 6) is -0.567. The number of benzene rings is 1. The average molecular weight is 321 g/mol. The van der Waals surface area contributed by atoms with Crippen LogP contribution >= 0.6 is 11.6 Å². The fourth-order valence-electron chi connectivity index (χ4n) is 2.60. The summed E-state index contributed by atoms with van der Waals surface area (Å²) in [6, 6.07) is 3.84. The molecule has 1 aliphatic carbocycles. The molecular formula is C13H18ClFN2O2S. The first-order chi connectivity index (χ1) is 9.41. The van der Waals surface area contributed by atoms with E-state index in [4.69, 9.17) is 17.3 Å². The molecule has 112 valence electrons. The van der Waals surface area contributed by atoms with E-state index in [2.05, 4.69) is 4.72 Å². The Morgan fingerprint density at radius 2 is 2.15 bits per heavy atom. The summed E-state index contributed by atoms with van der Waals surface area (Å²) < 4.78 is 40.0. The van der Waals surface area contributed by atoms with Gasteiger partial charge in [0.15, 0.2) is 0 Å². The summed E-state index contributed by atoms with van der Waals surface area (Å²) in [5.41, 5.74) is 6.10. The molecule has 4 nitrogen and oxygen atoms in total. The van der Waals surface area contributed by atoms with Gasteiger partial charge in [0, 0.05) is 6.04 Å². The summed E-state index contributed by atoms with van der Waals surface area (Å²) in [6.45, 7) is 0.482.